The molecule has 2 rings (SSSR count). The standard InChI is InChI=1S/C11H17N3O3/c12-9(15)6-13-8-5-10(16)14(11(8)17)7-3-1-2-4-7/h7-8,13H,1-6H2,(H2,12,15). The SMILES string of the molecule is NC(=O)CNC1CC(=O)N(C2CCCC2)C1=O. The van der Waals surface area contributed by atoms with Gasteiger partial charge < -0.3 is 5.73 Å². The topological polar surface area (TPSA) is 92.5 Å². The summed E-state index contributed by atoms with van der Waals surface area (Å²) < 4.78 is 0. The minimum Gasteiger partial charge on any atom is -0.369 e. The molecule has 6 heteroatoms. The number of nitrogens with two attached hydrogens (primary N) is 1. The zero-order valence-corrected chi connectivity index (χ0v) is 9.65. The monoisotopic (exact) mass is 239 g/mol. The third-order valence-electron chi connectivity index (χ3n) is 3.40. The van der Waals surface area contributed by atoms with Crippen LogP contribution in [0, 0.1) is 0 Å². The molecule has 2 fully saturated rings. The van der Waals surface area contributed by atoms with Crippen LogP contribution in [-0.2, 0) is 14.4 Å². The lowest BCUT2D eigenvalue weighted by Gasteiger charge is -2.22. The molecule has 1 unspecified atom stereocenters. The minimum absolute atomic E-state index is 0.0652. The molecule has 1 heterocycles. The summed E-state index contributed by atoms with van der Waals surface area (Å²) in [7, 11) is 0. The summed E-state index contributed by atoms with van der Waals surface area (Å²) in [6.07, 6.45) is 4.09. The molecule has 3 N–H and O–H groups in total. The van der Waals surface area contributed by atoms with Crippen LogP contribution in [0.3, 0.4) is 0 Å². The number of amides is 3. The van der Waals surface area contributed by atoms with Crippen molar-refractivity contribution in [2.24, 2.45) is 5.73 Å². The Kier molecular flexibility index (Phi) is 3.42. The first-order valence-corrected chi connectivity index (χ1v) is 5.97. The number of primary amides is 1. The van der Waals surface area contributed by atoms with Crippen molar-refractivity contribution in [2.75, 3.05) is 6.54 Å². The van der Waals surface area contributed by atoms with E-state index in [0.29, 0.717) is 0 Å². The van der Waals surface area contributed by atoms with E-state index < -0.39 is 11.9 Å². The van der Waals surface area contributed by atoms with Gasteiger partial charge in [-0.3, -0.25) is 24.6 Å². The number of nitrogens with zero attached hydrogens (tertiary/aromatic N) is 1. The van der Waals surface area contributed by atoms with Crippen LogP contribution in [0.25, 0.3) is 0 Å². The van der Waals surface area contributed by atoms with Crippen molar-refractivity contribution in [1.29, 1.82) is 0 Å². The van der Waals surface area contributed by atoms with Gasteiger partial charge in [-0.05, 0) is 12.8 Å². The van der Waals surface area contributed by atoms with E-state index in [-0.39, 0.29) is 30.8 Å². The van der Waals surface area contributed by atoms with Crippen molar-refractivity contribution in [2.45, 2.75) is 44.2 Å². The Hall–Kier alpha value is -1.43. The fourth-order valence-electron chi connectivity index (χ4n) is 2.58. The summed E-state index contributed by atoms with van der Waals surface area (Å²) in [5, 5.41) is 2.73. The van der Waals surface area contributed by atoms with Crippen LogP contribution in [-0.4, -0.2) is 41.2 Å². The Morgan fingerprint density at radius 3 is 2.59 bits per heavy atom. The van der Waals surface area contributed by atoms with Crippen molar-refractivity contribution in [1.82, 2.24) is 10.2 Å². The number of hydrogen-bond acceptors (Lipinski definition) is 4. The predicted octanol–water partition coefficient (Wildman–Crippen LogP) is -0.869. The Bertz CT molecular complexity index is 350. The lowest BCUT2D eigenvalue weighted by Crippen LogP contribution is -2.44. The molecule has 0 aromatic heterocycles. The molecule has 17 heavy (non-hydrogen) atoms. The van der Waals surface area contributed by atoms with Gasteiger partial charge in [0.1, 0.15) is 0 Å². The fourth-order valence-corrected chi connectivity index (χ4v) is 2.58. The van der Waals surface area contributed by atoms with Crippen LogP contribution in [0.15, 0.2) is 0 Å². The lowest BCUT2D eigenvalue weighted by atomic mass is 10.2. The van der Waals surface area contributed by atoms with Crippen molar-refractivity contribution in [3.63, 3.8) is 0 Å². The summed E-state index contributed by atoms with van der Waals surface area (Å²) in [6, 6.07) is -0.508. The van der Waals surface area contributed by atoms with E-state index in [2.05, 4.69) is 5.32 Å². The highest BCUT2D eigenvalue weighted by Crippen LogP contribution is 2.27. The van der Waals surface area contributed by atoms with Gasteiger partial charge in [-0.25, -0.2) is 0 Å². The van der Waals surface area contributed by atoms with Crippen molar-refractivity contribution in [3.05, 3.63) is 0 Å². The van der Waals surface area contributed by atoms with E-state index in [9.17, 15) is 14.4 Å². The van der Waals surface area contributed by atoms with Crippen LogP contribution in [0.5, 0.6) is 0 Å². The predicted molar refractivity (Wildman–Crippen MR) is 59.7 cm³/mol. The van der Waals surface area contributed by atoms with E-state index in [4.69, 9.17) is 5.73 Å². The van der Waals surface area contributed by atoms with E-state index in [0.717, 1.165) is 25.7 Å². The summed E-state index contributed by atoms with van der Waals surface area (Å²) >= 11 is 0. The van der Waals surface area contributed by atoms with Gasteiger partial charge in [-0.15, -0.1) is 0 Å². The van der Waals surface area contributed by atoms with Gasteiger partial charge in [-0.2, -0.15) is 0 Å². The zero-order valence-electron chi connectivity index (χ0n) is 9.65. The third-order valence-corrected chi connectivity index (χ3v) is 3.40. The zero-order chi connectivity index (χ0) is 12.4. The van der Waals surface area contributed by atoms with Gasteiger partial charge >= 0.3 is 0 Å². The Morgan fingerprint density at radius 1 is 1.35 bits per heavy atom. The number of likely N-dealkylation sites (tertiary alicyclic amines) is 1. The van der Waals surface area contributed by atoms with Gasteiger partial charge in [0.15, 0.2) is 0 Å². The van der Waals surface area contributed by atoms with Crippen LogP contribution in [0.2, 0.25) is 0 Å². The highest BCUT2D eigenvalue weighted by molar-refractivity contribution is 6.06. The third kappa shape index (κ3) is 2.46. The first-order chi connectivity index (χ1) is 8.09. The molecule has 1 aliphatic heterocycles. The number of imide groups is 1. The maximum Gasteiger partial charge on any atom is 0.247 e. The first-order valence-electron chi connectivity index (χ1n) is 5.97. The normalized spacial score (nSPS) is 25.9. The average molecular weight is 239 g/mol. The van der Waals surface area contributed by atoms with Crippen molar-refractivity contribution >= 4 is 17.7 Å². The summed E-state index contributed by atoms with van der Waals surface area (Å²) in [4.78, 5) is 35.8. The molecule has 0 aromatic rings. The summed E-state index contributed by atoms with van der Waals surface area (Å²) in [5.74, 6) is -0.864. The molecule has 1 atom stereocenters. The molecule has 3 amide bonds. The molecule has 2 aliphatic rings. The minimum atomic E-state index is -0.574. The van der Waals surface area contributed by atoms with E-state index in [1.54, 1.807) is 0 Å². The fraction of sp³-hybridized carbons (Fsp3) is 0.727. The Balaban J connectivity index is 1.98. The van der Waals surface area contributed by atoms with E-state index in [1.807, 2.05) is 0 Å². The molecule has 0 aromatic carbocycles. The lowest BCUT2D eigenvalue weighted by molar-refractivity contribution is -0.141. The van der Waals surface area contributed by atoms with E-state index in [1.165, 1.54) is 4.90 Å². The molecule has 1 saturated carbocycles. The Labute approximate surface area is 99.5 Å². The number of nitrogens with one attached hydrogen (secondary N) is 1. The van der Waals surface area contributed by atoms with Crippen LogP contribution in [0.4, 0.5) is 0 Å². The quantitative estimate of drug-likeness (QED) is 0.624. The van der Waals surface area contributed by atoms with Crippen LogP contribution >= 0.6 is 0 Å². The van der Waals surface area contributed by atoms with Crippen LogP contribution in [0.1, 0.15) is 32.1 Å². The second-order valence-electron chi connectivity index (χ2n) is 4.64. The largest absolute Gasteiger partial charge is 0.369 e. The van der Waals surface area contributed by atoms with Gasteiger partial charge in [0.25, 0.3) is 0 Å². The molecule has 0 bridgehead atoms. The number of carbonyl (C=O) groups is 3. The van der Waals surface area contributed by atoms with E-state index >= 15 is 0 Å². The average Bonchev–Trinajstić information content (AvgIpc) is 2.84. The molecule has 6 nitrogen and oxygen atoms in total. The van der Waals surface area contributed by atoms with Gasteiger partial charge in [0, 0.05) is 6.04 Å². The second-order valence-corrected chi connectivity index (χ2v) is 4.64. The van der Waals surface area contributed by atoms with Crippen molar-refractivity contribution < 1.29 is 14.4 Å². The molecule has 0 radical (unpaired) electrons. The molecule has 0 spiro atoms. The first kappa shape index (κ1) is 12.0. The number of rotatable bonds is 4. The highest BCUT2D eigenvalue weighted by Gasteiger charge is 2.42. The molecular formula is C11H17N3O3. The van der Waals surface area contributed by atoms with Gasteiger partial charge in [0.2, 0.25) is 17.7 Å². The highest BCUT2D eigenvalue weighted by atomic mass is 16.2. The second kappa shape index (κ2) is 4.83. The van der Waals surface area contributed by atoms with Gasteiger partial charge in [-0.1, -0.05) is 12.8 Å². The molecule has 94 valence electrons. The number of carbonyl (C=O) groups excluding carboxylic acids is 3. The smallest absolute Gasteiger partial charge is 0.247 e. The van der Waals surface area contributed by atoms with Crippen LogP contribution < -0.4 is 11.1 Å². The molecule has 1 aliphatic carbocycles. The Morgan fingerprint density at radius 2 is 2.00 bits per heavy atom. The maximum absolute atomic E-state index is 12.0. The van der Waals surface area contributed by atoms with Crippen molar-refractivity contribution in [3.8, 4) is 0 Å². The summed E-state index contributed by atoms with van der Waals surface area (Å²) in [6.45, 7) is -0.0673. The molecular weight excluding hydrogens is 222 g/mol. The molecule has 1 saturated heterocycles. The summed E-state index contributed by atoms with van der Waals surface area (Å²) in [5.41, 5.74) is 5.00. The van der Waals surface area contributed by atoms with Gasteiger partial charge in [0.05, 0.1) is 19.0 Å². The number of hydrogen-bond donors (Lipinski definition) is 2. The maximum atomic E-state index is 12.0.